The predicted molar refractivity (Wildman–Crippen MR) is 117 cm³/mol. The third-order valence-corrected chi connectivity index (χ3v) is 5.12. The van der Waals surface area contributed by atoms with Crippen LogP contribution < -0.4 is 5.32 Å². The van der Waals surface area contributed by atoms with E-state index in [1.807, 2.05) is 0 Å². The van der Waals surface area contributed by atoms with Gasteiger partial charge in [0.15, 0.2) is 11.6 Å². The van der Waals surface area contributed by atoms with Crippen molar-refractivity contribution in [1.82, 2.24) is 9.47 Å². The van der Waals surface area contributed by atoms with Crippen LogP contribution in [-0.2, 0) is 24.0 Å². The number of hydrogen-bond donors (Lipinski definition) is 1. The molecule has 0 aliphatic heterocycles. The van der Waals surface area contributed by atoms with Gasteiger partial charge in [0.25, 0.3) is 0 Å². The van der Waals surface area contributed by atoms with E-state index in [4.69, 9.17) is 4.74 Å². The van der Waals surface area contributed by atoms with E-state index in [1.54, 1.807) is 29.0 Å². The fraction of sp³-hybridized carbons (Fsp3) is 0.292. The number of anilines is 1. The second-order valence-corrected chi connectivity index (χ2v) is 7.65. The van der Waals surface area contributed by atoms with Gasteiger partial charge >= 0.3 is 12.2 Å². The molecule has 3 aromatic rings. The summed E-state index contributed by atoms with van der Waals surface area (Å²) in [5, 5.41) is 2.55. The van der Waals surface area contributed by atoms with Crippen molar-refractivity contribution in [2.24, 2.45) is 0 Å². The molecule has 0 aliphatic carbocycles. The number of halogens is 5. The Kier molecular flexibility index (Phi) is 8.27. The Hall–Kier alpha value is -3.40. The van der Waals surface area contributed by atoms with E-state index < -0.39 is 29.4 Å². The zero-order valence-corrected chi connectivity index (χ0v) is 18.4. The van der Waals surface area contributed by atoms with Crippen molar-refractivity contribution in [3.8, 4) is 0 Å². The van der Waals surface area contributed by atoms with E-state index in [0.717, 1.165) is 24.3 Å². The molecule has 10 heteroatoms. The van der Waals surface area contributed by atoms with Gasteiger partial charge in [-0.3, -0.25) is 0 Å². The maximum absolute atomic E-state index is 13.5. The summed E-state index contributed by atoms with van der Waals surface area (Å²) in [4.78, 5) is 14.3. The lowest BCUT2D eigenvalue weighted by atomic mass is 10.1. The molecule has 0 saturated heterocycles. The zero-order valence-electron chi connectivity index (χ0n) is 18.4. The normalized spacial score (nSPS) is 11.5. The highest BCUT2D eigenvalue weighted by molar-refractivity contribution is 5.89. The van der Waals surface area contributed by atoms with Crippen LogP contribution in [-0.4, -0.2) is 35.8 Å². The standard InChI is InChI=1S/C24H24F5N3O2/c1-34-12-4-11-32(23(33)30-19-8-9-21(25)22(26)14-19)16-20-7-3-10-31(20)15-17-5-2-6-18(13-17)24(27,28)29/h2-3,5-10,13-14H,4,11-12,15-16H2,1H3,(H,30,33). The zero-order chi connectivity index (χ0) is 24.7. The lowest BCUT2D eigenvalue weighted by Gasteiger charge is -2.24. The second-order valence-electron chi connectivity index (χ2n) is 7.65. The molecule has 3 rings (SSSR count). The minimum Gasteiger partial charge on any atom is -0.385 e. The van der Waals surface area contributed by atoms with Crippen LogP contribution in [0.25, 0.3) is 0 Å². The number of carbonyl (C=O) groups is 1. The van der Waals surface area contributed by atoms with Gasteiger partial charge in [0.05, 0.1) is 12.1 Å². The molecule has 2 aromatic carbocycles. The molecule has 0 fully saturated rings. The number of benzene rings is 2. The summed E-state index contributed by atoms with van der Waals surface area (Å²) in [5.41, 5.74) is 0.519. The maximum atomic E-state index is 13.5. The first-order valence-corrected chi connectivity index (χ1v) is 10.5. The number of nitrogens with zero attached hydrogens (tertiary/aromatic N) is 2. The first kappa shape index (κ1) is 25.2. The van der Waals surface area contributed by atoms with Crippen LogP contribution in [0, 0.1) is 11.6 Å². The summed E-state index contributed by atoms with van der Waals surface area (Å²) in [5.74, 6) is -2.11. The minimum atomic E-state index is -4.44. The predicted octanol–water partition coefficient (Wildman–Crippen LogP) is 5.90. The molecule has 34 heavy (non-hydrogen) atoms. The Labute approximate surface area is 193 Å². The summed E-state index contributed by atoms with van der Waals surface area (Å²) in [6, 6.07) is 11.1. The quantitative estimate of drug-likeness (QED) is 0.305. The molecule has 0 unspecified atom stereocenters. The van der Waals surface area contributed by atoms with Gasteiger partial charge in [0.2, 0.25) is 0 Å². The van der Waals surface area contributed by atoms with Crippen LogP contribution in [0.1, 0.15) is 23.2 Å². The maximum Gasteiger partial charge on any atom is 0.416 e. The lowest BCUT2D eigenvalue weighted by Crippen LogP contribution is -2.36. The van der Waals surface area contributed by atoms with Crippen LogP contribution in [0.4, 0.5) is 32.4 Å². The van der Waals surface area contributed by atoms with Crippen molar-refractivity contribution in [2.45, 2.75) is 25.7 Å². The molecule has 0 saturated carbocycles. The van der Waals surface area contributed by atoms with Crippen molar-refractivity contribution in [3.63, 3.8) is 0 Å². The third kappa shape index (κ3) is 6.80. The smallest absolute Gasteiger partial charge is 0.385 e. The van der Waals surface area contributed by atoms with E-state index in [-0.39, 0.29) is 18.8 Å². The first-order chi connectivity index (χ1) is 16.2. The molecule has 1 heterocycles. The van der Waals surface area contributed by atoms with Crippen molar-refractivity contribution in [3.05, 3.63) is 89.2 Å². The van der Waals surface area contributed by atoms with Gasteiger partial charge < -0.3 is 19.5 Å². The largest absolute Gasteiger partial charge is 0.416 e. The van der Waals surface area contributed by atoms with Gasteiger partial charge in [-0.15, -0.1) is 0 Å². The highest BCUT2D eigenvalue weighted by atomic mass is 19.4. The van der Waals surface area contributed by atoms with E-state index in [1.165, 1.54) is 24.1 Å². The van der Waals surface area contributed by atoms with Crippen LogP contribution >= 0.6 is 0 Å². The lowest BCUT2D eigenvalue weighted by molar-refractivity contribution is -0.137. The third-order valence-electron chi connectivity index (χ3n) is 5.12. The van der Waals surface area contributed by atoms with E-state index >= 15 is 0 Å². The van der Waals surface area contributed by atoms with E-state index in [0.29, 0.717) is 30.8 Å². The van der Waals surface area contributed by atoms with E-state index in [9.17, 15) is 26.7 Å². The Bertz CT molecular complexity index is 1110. The minimum absolute atomic E-state index is 0.0972. The van der Waals surface area contributed by atoms with Gasteiger partial charge in [-0.05, 0) is 48.4 Å². The number of ether oxygens (including phenoxy) is 1. The average molecular weight is 481 g/mol. The molecule has 0 aliphatic rings. The number of rotatable bonds is 9. The van der Waals surface area contributed by atoms with Crippen LogP contribution in [0.2, 0.25) is 0 Å². The second kappa shape index (κ2) is 11.1. The Morgan fingerprint density at radius 2 is 1.85 bits per heavy atom. The number of methoxy groups -OCH3 is 1. The molecular weight excluding hydrogens is 457 g/mol. The Balaban J connectivity index is 1.76. The fourth-order valence-corrected chi connectivity index (χ4v) is 3.41. The number of urea groups is 1. The number of carbonyl (C=O) groups excluding carboxylic acids is 1. The average Bonchev–Trinajstić information content (AvgIpc) is 3.21. The summed E-state index contributed by atoms with van der Waals surface area (Å²) in [7, 11) is 1.53. The van der Waals surface area contributed by atoms with Gasteiger partial charge in [-0.2, -0.15) is 13.2 Å². The number of aromatic nitrogens is 1. The topological polar surface area (TPSA) is 46.5 Å². The molecule has 1 N–H and O–H groups in total. The molecule has 0 bridgehead atoms. The van der Waals surface area contributed by atoms with Crippen LogP contribution in [0.5, 0.6) is 0 Å². The summed E-state index contributed by atoms with van der Waals surface area (Å²) in [6.45, 7) is 1.03. The van der Waals surface area contributed by atoms with Gasteiger partial charge in [-0.1, -0.05) is 12.1 Å². The highest BCUT2D eigenvalue weighted by Crippen LogP contribution is 2.29. The number of hydrogen-bond acceptors (Lipinski definition) is 2. The van der Waals surface area contributed by atoms with Crippen molar-refractivity contribution in [2.75, 3.05) is 25.6 Å². The van der Waals surface area contributed by atoms with Crippen molar-refractivity contribution < 1.29 is 31.5 Å². The SMILES string of the molecule is COCCCN(Cc1cccn1Cc1cccc(C(F)(F)F)c1)C(=O)Nc1ccc(F)c(F)c1. The Morgan fingerprint density at radius 1 is 1.06 bits per heavy atom. The molecule has 0 atom stereocenters. The molecule has 2 amide bonds. The summed E-state index contributed by atoms with van der Waals surface area (Å²) < 4.78 is 72.7. The number of alkyl halides is 3. The van der Waals surface area contributed by atoms with Crippen molar-refractivity contribution >= 4 is 11.7 Å². The van der Waals surface area contributed by atoms with Crippen molar-refractivity contribution in [1.29, 1.82) is 0 Å². The molecule has 0 spiro atoms. The summed E-state index contributed by atoms with van der Waals surface area (Å²) >= 11 is 0. The van der Waals surface area contributed by atoms with Gasteiger partial charge in [0, 0.05) is 50.5 Å². The molecular formula is C24H24F5N3O2. The van der Waals surface area contributed by atoms with Crippen LogP contribution in [0.3, 0.4) is 0 Å². The molecule has 0 radical (unpaired) electrons. The molecule has 1 aromatic heterocycles. The Morgan fingerprint density at radius 3 is 2.56 bits per heavy atom. The number of nitrogens with one attached hydrogen (secondary N) is 1. The van der Waals surface area contributed by atoms with Gasteiger partial charge in [0.1, 0.15) is 0 Å². The fourth-order valence-electron chi connectivity index (χ4n) is 3.41. The monoisotopic (exact) mass is 481 g/mol. The van der Waals surface area contributed by atoms with Gasteiger partial charge in [-0.25, -0.2) is 13.6 Å². The van der Waals surface area contributed by atoms with E-state index in [2.05, 4.69) is 5.32 Å². The highest BCUT2D eigenvalue weighted by Gasteiger charge is 2.30. The van der Waals surface area contributed by atoms with Crippen LogP contribution in [0.15, 0.2) is 60.8 Å². The molecule has 182 valence electrons. The summed E-state index contributed by atoms with van der Waals surface area (Å²) in [6.07, 6.45) is -2.20. The first-order valence-electron chi connectivity index (χ1n) is 10.5. The number of amides is 2. The molecule has 5 nitrogen and oxygen atoms in total.